The molecule has 2 aromatic rings. The third kappa shape index (κ3) is 2.11. The van der Waals surface area contributed by atoms with Crippen LogP contribution in [0.3, 0.4) is 0 Å². The molecule has 0 unspecified atom stereocenters. The van der Waals surface area contributed by atoms with E-state index in [0.717, 1.165) is 0 Å². The van der Waals surface area contributed by atoms with Crippen molar-refractivity contribution in [3.63, 3.8) is 0 Å². The van der Waals surface area contributed by atoms with Gasteiger partial charge < -0.3 is 10.3 Å². The lowest BCUT2D eigenvalue weighted by atomic mass is 10.1. The third-order valence-electron chi connectivity index (χ3n) is 2.36. The third-order valence-corrected chi connectivity index (χ3v) is 2.36. The van der Waals surface area contributed by atoms with Crippen molar-refractivity contribution in [3.05, 3.63) is 59.7 Å². The second-order valence-electron chi connectivity index (χ2n) is 3.53. The molecule has 1 amide bonds. The maximum Gasteiger partial charge on any atom is 0.248 e. The summed E-state index contributed by atoms with van der Waals surface area (Å²) in [6.07, 6.45) is 3.70. The summed E-state index contributed by atoms with van der Waals surface area (Å²) in [6, 6.07) is 8.02. The predicted molar refractivity (Wildman–Crippen MR) is 58.5 cm³/mol. The predicted octanol–water partition coefficient (Wildman–Crippen LogP) is 1.77. The van der Waals surface area contributed by atoms with Gasteiger partial charge in [-0.2, -0.15) is 0 Å². The summed E-state index contributed by atoms with van der Waals surface area (Å²) in [7, 11) is 0. The SMILES string of the molecule is NC(=O)c1ccc(Cn2cccc2)c(F)c1. The minimum absolute atomic E-state index is 0.189. The number of nitrogens with two attached hydrogens (primary N) is 1. The van der Waals surface area contributed by atoms with Crippen LogP contribution in [0, 0.1) is 5.82 Å². The molecule has 0 saturated carbocycles. The van der Waals surface area contributed by atoms with E-state index in [1.807, 2.05) is 29.1 Å². The molecule has 2 N–H and O–H groups in total. The van der Waals surface area contributed by atoms with E-state index in [1.54, 1.807) is 6.07 Å². The zero-order chi connectivity index (χ0) is 11.5. The van der Waals surface area contributed by atoms with Crippen LogP contribution in [0.15, 0.2) is 42.7 Å². The van der Waals surface area contributed by atoms with Crippen LogP contribution >= 0.6 is 0 Å². The molecule has 1 heterocycles. The van der Waals surface area contributed by atoms with E-state index < -0.39 is 11.7 Å². The maximum absolute atomic E-state index is 13.6. The summed E-state index contributed by atoms with van der Waals surface area (Å²) < 4.78 is 15.4. The molecule has 0 aliphatic carbocycles. The highest BCUT2D eigenvalue weighted by Crippen LogP contribution is 2.12. The second kappa shape index (κ2) is 4.18. The maximum atomic E-state index is 13.6. The van der Waals surface area contributed by atoms with Crippen LogP contribution in [0.1, 0.15) is 15.9 Å². The highest BCUT2D eigenvalue weighted by molar-refractivity contribution is 5.92. The highest BCUT2D eigenvalue weighted by atomic mass is 19.1. The van der Waals surface area contributed by atoms with Crippen molar-refractivity contribution in [2.24, 2.45) is 5.73 Å². The number of halogens is 1. The molecule has 0 radical (unpaired) electrons. The lowest BCUT2D eigenvalue weighted by Crippen LogP contribution is -2.11. The monoisotopic (exact) mass is 218 g/mol. The molecule has 0 spiro atoms. The molecule has 3 nitrogen and oxygen atoms in total. The molecule has 0 atom stereocenters. The molecular weight excluding hydrogens is 207 g/mol. The van der Waals surface area contributed by atoms with Crippen LogP contribution in [0.4, 0.5) is 4.39 Å². The van der Waals surface area contributed by atoms with Crippen molar-refractivity contribution in [3.8, 4) is 0 Å². The number of rotatable bonds is 3. The molecule has 0 aliphatic heterocycles. The first-order valence-corrected chi connectivity index (χ1v) is 4.86. The summed E-state index contributed by atoms with van der Waals surface area (Å²) >= 11 is 0. The van der Waals surface area contributed by atoms with Gasteiger partial charge >= 0.3 is 0 Å². The van der Waals surface area contributed by atoms with Gasteiger partial charge in [-0.05, 0) is 24.3 Å². The van der Waals surface area contributed by atoms with Gasteiger partial charge in [-0.25, -0.2) is 4.39 Å². The van der Waals surface area contributed by atoms with Crippen LogP contribution in [-0.2, 0) is 6.54 Å². The first-order valence-electron chi connectivity index (χ1n) is 4.86. The summed E-state index contributed by atoms with van der Waals surface area (Å²) in [5.74, 6) is -1.03. The van der Waals surface area contributed by atoms with E-state index >= 15 is 0 Å². The van der Waals surface area contributed by atoms with Gasteiger partial charge in [-0.1, -0.05) is 6.07 Å². The molecule has 4 heteroatoms. The average molecular weight is 218 g/mol. The quantitative estimate of drug-likeness (QED) is 0.838. The highest BCUT2D eigenvalue weighted by Gasteiger charge is 2.06. The Morgan fingerprint density at radius 2 is 2.00 bits per heavy atom. The zero-order valence-corrected chi connectivity index (χ0v) is 8.56. The Kier molecular flexibility index (Phi) is 2.72. The average Bonchev–Trinajstić information content (AvgIpc) is 2.73. The molecule has 2 rings (SSSR count). The van der Waals surface area contributed by atoms with Crippen LogP contribution < -0.4 is 5.73 Å². The molecule has 1 aromatic carbocycles. The molecule has 0 bridgehead atoms. The van der Waals surface area contributed by atoms with Crippen LogP contribution in [-0.4, -0.2) is 10.5 Å². The van der Waals surface area contributed by atoms with Gasteiger partial charge in [0.1, 0.15) is 5.82 Å². The molecule has 0 saturated heterocycles. The van der Waals surface area contributed by atoms with E-state index in [1.165, 1.54) is 12.1 Å². The fraction of sp³-hybridized carbons (Fsp3) is 0.0833. The molecule has 16 heavy (non-hydrogen) atoms. The van der Waals surface area contributed by atoms with E-state index in [0.29, 0.717) is 12.1 Å². The summed E-state index contributed by atoms with van der Waals surface area (Å²) in [5, 5.41) is 0. The van der Waals surface area contributed by atoms with Gasteiger partial charge in [-0.15, -0.1) is 0 Å². The molecule has 1 aromatic heterocycles. The van der Waals surface area contributed by atoms with Crippen LogP contribution in [0.5, 0.6) is 0 Å². The van der Waals surface area contributed by atoms with Crippen molar-refractivity contribution in [2.75, 3.05) is 0 Å². The number of amides is 1. The second-order valence-corrected chi connectivity index (χ2v) is 3.53. The minimum atomic E-state index is -0.619. The Labute approximate surface area is 92.3 Å². The standard InChI is InChI=1S/C12H11FN2O/c13-11-7-9(12(14)16)3-4-10(11)8-15-5-1-2-6-15/h1-7H,8H2,(H2,14,16). The number of hydrogen-bond acceptors (Lipinski definition) is 1. The Morgan fingerprint density at radius 3 is 2.56 bits per heavy atom. The summed E-state index contributed by atoms with van der Waals surface area (Å²) in [5.41, 5.74) is 5.78. The minimum Gasteiger partial charge on any atom is -0.366 e. The summed E-state index contributed by atoms with van der Waals surface area (Å²) in [4.78, 5) is 10.8. The van der Waals surface area contributed by atoms with Gasteiger partial charge in [0.15, 0.2) is 0 Å². The van der Waals surface area contributed by atoms with Crippen molar-refractivity contribution in [1.82, 2.24) is 4.57 Å². The number of primary amides is 1. The van der Waals surface area contributed by atoms with Crippen LogP contribution in [0.2, 0.25) is 0 Å². The lowest BCUT2D eigenvalue weighted by molar-refractivity contribution is 0.1000. The van der Waals surface area contributed by atoms with E-state index in [9.17, 15) is 9.18 Å². The largest absolute Gasteiger partial charge is 0.366 e. The van der Waals surface area contributed by atoms with E-state index in [4.69, 9.17) is 5.73 Å². The van der Waals surface area contributed by atoms with Crippen LogP contribution in [0.25, 0.3) is 0 Å². The van der Waals surface area contributed by atoms with Crippen molar-refractivity contribution >= 4 is 5.91 Å². The molecule has 82 valence electrons. The van der Waals surface area contributed by atoms with E-state index in [2.05, 4.69) is 0 Å². The number of benzene rings is 1. The summed E-state index contributed by atoms with van der Waals surface area (Å²) in [6.45, 7) is 0.442. The van der Waals surface area contributed by atoms with Gasteiger partial charge in [0.2, 0.25) is 5.91 Å². The zero-order valence-electron chi connectivity index (χ0n) is 8.56. The topological polar surface area (TPSA) is 48.0 Å². The molecular formula is C12H11FN2O. The number of aromatic nitrogens is 1. The normalized spacial score (nSPS) is 10.3. The number of carbonyl (C=O) groups is 1. The van der Waals surface area contributed by atoms with Crippen molar-refractivity contribution in [1.29, 1.82) is 0 Å². The first kappa shape index (κ1) is 10.4. The Balaban J connectivity index is 2.26. The number of nitrogens with zero attached hydrogens (tertiary/aromatic N) is 1. The van der Waals surface area contributed by atoms with Gasteiger partial charge in [-0.3, -0.25) is 4.79 Å². The van der Waals surface area contributed by atoms with Crippen molar-refractivity contribution < 1.29 is 9.18 Å². The first-order chi connectivity index (χ1) is 7.66. The Morgan fingerprint density at radius 1 is 1.31 bits per heavy atom. The fourth-order valence-corrected chi connectivity index (χ4v) is 1.50. The Bertz CT molecular complexity index is 506. The molecule has 0 aliphatic rings. The van der Waals surface area contributed by atoms with Gasteiger partial charge in [0, 0.05) is 30.1 Å². The van der Waals surface area contributed by atoms with E-state index in [-0.39, 0.29) is 5.56 Å². The number of hydrogen-bond donors (Lipinski definition) is 1. The Hall–Kier alpha value is -2.10. The number of carbonyl (C=O) groups excluding carboxylic acids is 1. The van der Waals surface area contributed by atoms with Gasteiger partial charge in [0.25, 0.3) is 0 Å². The lowest BCUT2D eigenvalue weighted by Gasteiger charge is -2.05. The fourth-order valence-electron chi connectivity index (χ4n) is 1.50. The molecule has 0 fully saturated rings. The van der Waals surface area contributed by atoms with Crippen molar-refractivity contribution in [2.45, 2.75) is 6.54 Å². The van der Waals surface area contributed by atoms with Gasteiger partial charge in [0.05, 0.1) is 0 Å². The smallest absolute Gasteiger partial charge is 0.248 e.